The number of hydrazone groups is 1. The van der Waals surface area contributed by atoms with Crippen LogP contribution in [-0.4, -0.2) is 17.2 Å². The zero-order chi connectivity index (χ0) is 19.4. The summed E-state index contributed by atoms with van der Waals surface area (Å²) in [7, 11) is 0. The topological polar surface area (TPSA) is 44.7 Å². The highest BCUT2D eigenvalue weighted by molar-refractivity contribution is 6.27. The van der Waals surface area contributed by atoms with E-state index in [9.17, 15) is 4.79 Å². The minimum absolute atomic E-state index is 0.0395. The maximum Gasteiger partial charge on any atom is 0.283 e. The lowest BCUT2D eigenvalue weighted by Crippen LogP contribution is -2.52. The lowest BCUT2D eigenvalue weighted by molar-refractivity contribution is -0.119. The molecule has 1 spiro atoms. The number of anilines is 2. The van der Waals surface area contributed by atoms with Gasteiger partial charge in [0, 0.05) is 11.3 Å². The lowest BCUT2D eigenvalue weighted by Gasteiger charge is -2.34. The molecule has 0 radical (unpaired) electrons. The average Bonchev–Trinajstić information content (AvgIpc) is 2.86. The van der Waals surface area contributed by atoms with Gasteiger partial charge in [0.25, 0.3) is 5.91 Å². The predicted molar refractivity (Wildman–Crippen MR) is 112 cm³/mol. The van der Waals surface area contributed by atoms with E-state index in [1.807, 2.05) is 43.3 Å². The molecule has 0 fully saturated rings. The molecule has 1 atom stereocenters. The second kappa shape index (κ2) is 5.81. The molecule has 2 aromatic carbocycles. The van der Waals surface area contributed by atoms with Crippen molar-refractivity contribution in [2.24, 2.45) is 5.10 Å². The molecule has 1 unspecified atom stereocenters. The van der Waals surface area contributed by atoms with E-state index in [0.29, 0.717) is 0 Å². The third kappa shape index (κ3) is 2.67. The largest absolute Gasteiger partial charge is 0.363 e. The number of carbonyl (C=O) groups excluding carboxylic acids is 1. The summed E-state index contributed by atoms with van der Waals surface area (Å²) in [6, 6.07) is 16.0. The molecule has 2 aliphatic heterocycles. The highest BCUT2D eigenvalue weighted by Crippen LogP contribution is 2.40. The molecular formula is C23H25N3O. The van der Waals surface area contributed by atoms with Crippen LogP contribution in [-0.2, 0) is 10.2 Å². The Bertz CT molecular complexity index is 982. The van der Waals surface area contributed by atoms with Crippen LogP contribution in [0, 0.1) is 0 Å². The molecule has 27 heavy (non-hydrogen) atoms. The summed E-state index contributed by atoms with van der Waals surface area (Å²) in [4.78, 5) is 13.4. The first-order valence-electron chi connectivity index (χ1n) is 9.30. The van der Waals surface area contributed by atoms with E-state index < -0.39 is 5.54 Å². The van der Waals surface area contributed by atoms with Gasteiger partial charge >= 0.3 is 0 Å². The molecular weight excluding hydrogens is 334 g/mol. The highest BCUT2D eigenvalue weighted by Gasteiger charge is 2.50. The van der Waals surface area contributed by atoms with Crippen molar-refractivity contribution in [1.29, 1.82) is 0 Å². The Hall–Kier alpha value is -2.88. The van der Waals surface area contributed by atoms with Crippen LogP contribution in [0.4, 0.5) is 11.4 Å². The van der Waals surface area contributed by atoms with Gasteiger partial charge in [-0.3, -0.25) is 4.79 Å². The fourth-order valence-corrected chi connectivity index (χ4v) is 3.76. The monoisotopic (exact) mass is 359 g/mol. The summed E-state index contributed by atoms with van der Waals surface area (Å²) in [6.45, 7) is 10.6. The molecule has 0 bridgehead atoms. The van der Waals surface area contributed by atoms with Crippen LogP contribution < -0.4 is 10.3 Å². The molecule has 1 amide bonds. The van der Waals surface area contributed by atoms with E-state index in [1.165, 1.54) is 10.6 Å². The lowest BCUT2D eigenvalue weighted by atomic mass is 9.81. The summed E-state index contributed by atoms with van der Waals surface area (Å²) in [5, 5.41) is 9.61. The Morgan fingerprint density at radius 2 is 1.74 bits per heavy atom. The summed E-state index contributed by atoms with van der Waals surface area (Å²) in [5.41, 5.74) is 5.08. The molecule has 0 saturated heterocycles. The van der Waals surface area contributed by atoms with Crippen molar-refractivity contribution < 1.29 is 4.79 Å². The average molecular weight is 359 g/mol. The van der Waals surface area contributed by atoms with Crippen molar-refractivity contribution in [2.75, 3.05) is 10.3 Å². The Kier molecular flexibility index (Phi) is 3.77. The number of para-hydroxylation sites is 1. The quantitative estimate of drug-likeness (QED) is 0.781. The zero-order valence-corrected chi connectivity index (χ0v) is 16.5. The van der Waals surface area contributed by atoms with Gasteiger partial charge in [-0.2, -0.15) is 10.1 Å². The Labute approximate surface area is 160 Å². The van der Waals surface area contributed by atoms with Crippen LogP contribution in [0.2, 0.25) is 0 Å². The molecule has 4 heteroatoms. The molecule has 0 aromatic heterocycles. The van der Waals surface area contributed by atoms with Crippen molar-refractivity contribution >= 4 is 28.6 Å². The van der Waals surface area contributed by atoms with Crippen LogP contribution in [0.3, 0.4) is 0 Å². The fourth-order valence-electron chi connectivity index (χ4n) is 3.76. The van der Waals surface area contributed by atoms with Gasteiger partial charge in [0.1, 0.15) is 0 Å². The SMILES string of the molecule is CC1=CC2(Nc3cc(C(C)(C)C)ccc31)C(=O)N(c1ccccc1)N=C2C. The molecule has 138 valence electrons. The van der Waals surface area contributed by atoms with Gasteiger partial charge < -0.3 is 5.32 Å². The van der Waals surface area contributed by atoms with E-state index in [0.717, 1.165) is 28.2 Å². The summed E-state index contributed by atoms with van der Waals surface area (Å²) < 4.78 is 0. The summed E-state index contributed by atoms with van der Waals surface area (Å²) in [6.07, 6.45) is 2.01. The van der Waals surface area contributed by atoms with Gasteiger partial charge in [0.15, 0.2) is 5.54 Å². The van der Waals surface area contributed by atoms with E-state index in [4.69, 9.17) is 0 Å². The summed E-state index contributed by atoms with van der Waals surface area (Å²) >= 11 is 0. The van der Waals surface area contributed by atoms with Gasteiger partial charge in [-0.25, -0.2) is 0 Å². The molecule has 1 N–H and O–H groups in total. The predicted octanol–water partition coefficient (Wildman–Crippen LogP) is 4.97. The van der Waals surface area contributed by atoms with Crippen molar-refractivity contribution in [3.63, 3.8) is 0 Å². The number of allylic oxidation sites excluding steroid dienone is 1. The number of benzene rings is 2. The standard InChI is InChI=1S/C23H25N3O/c1-15-14-23(24-20-13-17(22(3,4)5)11-12-19(15)20)16(2)25-26(21(23)27)18-9-7-6-8-10-18/h6-14,24H,1-5H3. The summed E-state index contributed by atoms with van der Waals surface area (Å²) in [5.74, 6) is -0.0719. The Morgan fingerprint density at radius 3 is 2.41 bits per heavy atom. The zero-order valence-electron chi connectivity index (χ0n) is 16.5. The van der Waals surface area contributed by atoms with Crippen molar-refractivity contribution in [1.82, 2.24) is 0 Å². The maximum absolute atomic E-state index is 13.4. The van der Waals surface area contributed by atoms with E-state index in [1.54, 1.807) is 0 Å². The van der Waals surface area contributed by atoms with E-state index in [-0.39, 0.29) is 11.3 Å². The number of nitrogens with one attached hydrogen (secondary N) is 1. The third-order valence-corrected chi connectivity index (χ3v) is 5.43. The van der Waals surface area contributed by atoms with Gasteiger partial charge in [-0.15, -0.1) is 0 Å². The smallest absolute Gasteiger partial charge is 0.283 e. The van der Waals surface area contributed by atoms with Crippen molar-refractivity contribution in [3.8, 4) is 0 Å². The van der Waals surface area contributed by atoms with Gasteiger partial charge in [0.2, 0.25) is 0 Å². The van der Waals surface area contributed by atoms with Gasteiger partial charge in [-0.1, -0.05) is 51.1 Å². The van der Waals surface area contributed by atoms with Crippen LogP contribution in [0.15, 0.2) is 59.7 Å². The number of amides is 1. The van der Waals surface area contributed by atoms with E-state index in [2.05, 4.69) is 56.3 Å². The second-order valence-corrected chi connectivity index (χ2v) is 8.41. The fraction of sp³-hybridized carbons (Fsp3) is 0.304. The first-order chi connectivity index (χ1) is 12.7. The number of rotatable bonds is 1. The van der Waals surface area contributed by atoms with Crippen LogP contribution >= 0.6 is 0 Å². The number of hydrogen-bond acceptors (Lipinski definition) is 3. The van der Waals surface area contributed by atoms with Crippen LogP contribution in [0.5, 0.6) is 0 Å². The number of carbonyl (C=O) groups is 1. The number of hydrogen-bond donors (Lipinski definition) is 1. The molecule has 4 rings (SSSR count). The minimum Gasteiger partial charge on any atom is -0.363 e. The third-order valence-electron chi connectivity index (χ3n) is 5.43. The Morgan fingerprint density at radius 1 is 1.04 bits per heavy atom. The van der Waals surface area contributed by atoms with E-state index >= 15 is 0 Å². The maximum atomic E-state index is 13.4. The minimum atomic E-state index is -0.927. The molecule has 2 aromatic rings. The normalized spacial score (nSPS) is 21.7. The first kappa shape index (κ1) is 17.5. The molecule has 4 nitrogen and oxygen atoms in total. The number of nitrogens with zero attached hydrogens (tertiary/aromatic N) is 2. The van der Waals surface area contributed by atoms with Gasteiger partial charge in [0.05, 0.1) is 11.4 Å². The molecule has 2 aliphatic rings. The molecule has 0 aliphatic carbocycles. The molecule has 2 heterocycles. The Balaban J connectivity index is 1.79. The van der Waals surface area contributed by atoms with Gasteiger partial charge in [-0.05, 0) is 54.7 Å². The van der Waals surface area contributed by atoms with Crippen molar-refractivity contribution in [3.05, 3.63) is 65.7 Å². The van der Waals surface area contributed by atoms with Crippen LogP contribution in [0.25, 0.3) is 5.57 Å². The second-order valence-electron chi connectivity index (χ2n) is 8.41. The number of fused-ring (bicyclic) bond motifs is 1. The first-order valence-corrected chi connectivity index (χ1v) is 9.30. The highest BCUT2D eigenvalue weighted by atomic mass is 16.2. The van der Waals surface area contributed by atoms with Crippen LogP contribution in [0.1, 0.15) is 45.7 Å². The van der Waals surface area contributed by atoms with Crippen molar-refractivity contribution in [2.45, 2.75) is 45.6 Å². The molecule has 0 saturated carbocycles.